The molecule has 0 aromatic rings. The molecule has 74 valence electrons. The van der Waals surface area contributed by atoms with Crippen LogP contribution in [0.25, 0.3) is 0 Å². The van der Waals surface area contributed by atoms with Gasteiger partial charge in [-0.25, -0.2) is 0 Å². The summed E-state index contributed by atoms with van der Waals surface area (Å²) in [5, 5.41) is 0. The Bertz CT molecular complexity index is 116. The van der Waals surface area contributed by atoms with Gasteiger partial charge >= 0.3 is 8.25 Å². The molecule has 0 aromatic carbocycles. The summed E-state index contributed by atoms with van der Waals surface area (Å²) in [6.07, 6.45) is 0. The number of hydrogen-bond acceptors (Lipinski definition) is 3. The van der Waals surface area contributed by atoms with Crippen molar-refractivity contribution in [3.63, 3.8) is 0 Å². The standard InChI is InChI=1S/C4H12N.C3H8O3P/c1-5(2,3)4;1-3-6-7(4)5-2/h1-4H3;3H2,1-2H3/q2*+1. The lowest BCUT2D eigenvalue weighted by Crippen LogP contribution is -2.27. The van der Waals surface area contributed by atoms with E-state index in [1.807, 2.05) is 0 Å². The van der Waals surface area contributed by atoms with Crippen LogP contribution >= 0.6 is 8.25 Å². The van der Waals surface area contributed by atoms with Crippen molar-refractivity contribution in [1.82, 2.24) is 0 Å². The van der Waals surface area contributed by atoms with Crippen molar-refractivity contribution in [3.8, 4) is 0 Å². The Morgan fingerprint density at radius 2 is 1.58 bits per heavy atom. The smallest absolute Gasteiger partial charge is 0.333 e. The first-order valence-corrected chi connectivity index (χ1v) is 4.84. The first kappa shape index (κ1) is 14.5. The van der Waals surface area contributed by atoms with Crippen molar-refractivity contribution in [1.29, 1.82) is 0 Å². The average Bonchev–Trinajstić information content (AvgIpc) is 1.85. The maximum Gasteiger partial charge on any atom is 0.697 e. The molecule has 0 amide bonds. The molecule has 0 bridgehead atoms. The molecule has 0 saturated carbocycles. The zero-order valence-electron chi connectivity index (χ0n) is 8.83. The molecule has 0 fully saturated rings. The third-order valence-corrected chi connectivity index (χ3v) is 1.15. The second-order valence-corrected chi connectivity index (χ2v) is 4.58. The fourth-order valence-corrected chi connectivity index (χ4v) is 0.474. The zero-order valence-corrected chi connectivity index (χ0v) is 9.72. The van der Waals surface area contributed by atoms with Gasteiger partial charge in [-0.05, 0) is 6.92 Å². The minimum Gasteiger partial charge on any atom is -0.333 e. The molecule has 0 rings (SSSR count). The van der Waals surface area contributed by atoms with Gasteiger partial charge < -0.3 is 4.48 Å². The van der Waals surface area contributed by atoms with E-state index >= 15 is 0 Å². The van der Waals surface area contributed by atoms with E-state index in [2.05, 4.69) is 37.2 Å². The van der Waals surface area contributed by atoms with Gasteiger partial charge in [0, 0.05) is 4.57 Å². The van der Waals surface area contributed by atoms with Gasteiger partial charge in [-0.3, -0.25) is 0 Å². The highest BCUT2D eigenvalue weighted by atomic mass is 31.1. The third kappa shape index (κ3) is 32.5. The van der Waals surface area contributed by atoms with E-state index in [9.17, 15) is 4.57 Å². The zero-order chi connectivity index (χ0) is 10.2. The highest BCUT2D eigenvalue weighted by Crippen LogP contribution is 2.20. The Morgan fingerprint density at radius 1 is 1.25 bits per heavy atom. The van der Waals surface area contributed by atoms with E-state index in [-0.39, 0.29) is 0 Å². The quantitative estimate of drug-likeness (QED) is 0.509. The van der Waals surface area contributed by atoms with E-state index in [0.717, 1.165) is 4.48 Å². The number of rotatable bonds is 3. The van der Waals surface area contributed by atoms with E-state index in [0.29, 0.717) is 6.61 Å². The predicted molar refractivity (Wildman–Crippen MR) is 50.2 cm³/mol. The Hall–Kier alpha value is -0.0200. The summed E-state index contributed by atoms with van der Waals surface area (Å²) >= 11 is 0. The summed E-state index contributed by atoms with van der Waals surface area (Å²) in [6.45, 7) is 2.19. The van der Waals surface area contributed by atoms with Gasteiger partial charge in [0.2, 0.25) is 0 Å². The summed E-state index contributed by atoms with van der Waals surface area (Å²) < 4.78 is 19.9. The van der Waals surface area contributed by atoms with Crippen LogP contribution in [0.15, 0.2) is 0 Å². The minimum atomic E-state index is -1.83. The molecule has 4 nitrogen and oxygen atoms in total. The number of quaternary nitrogens is 1. The molecular weight excluding hydrogens is 177 g/mol. The van der Waals surface area contributed by atoms with Crippen LogP contribution in [0.1, 0.15) is 6.92 Å². The first-order chi connectivity index (χ1) is 5.31. The van der Waals surface area contributed by atoms with Gasteiger partial charge in [-0.2, -0.15) is 0 Å². The van der Waals surface area contributed by atoms with Crippen LogP contribution in [0.2, 0.25) is 0 Å². The molecule has 1 unspecified atom stereocenters. The maximum atomic E-state index is 10.1. The van der Waals surface area contributed by atoms with Crippen LogP contribution in [0.3, 0.4) is 0 Å². The Labute approximate surface area is 76.0 Å². The van der Waals surface area contributed by atoms with Crippen molar-refractivity contribution in [2.75, 3.05) is 41.9 Å². The number of hydrogen-bond donors (Lipinski definition) is 0. The van der Waals surface area contributed by atoms with Crippen LogP contribution in [-0.2, 0) is 13.6 Å². The van der Waals surface area contributed by atoms with Crippen molar-refractivity contribution in [2.24, 2.45) is 0 Å². The SMILES string of the molecule is CCO[P+](=O)OC.C[N+](C)(C)C. The average molecular weight is 197 g/mol. The van der Waals surface area contributed by atoms with Gasteiger partial charge in [0.1, 0.15) is 6.61 Å². The largest absolute Gasteiger partial charge is 0.697 e. The van der Waals surface area contributed by atoms with E-state index in [1.54, 1.807) is 6.92 Å². The van der Waals surface area contributed by atoms with Gasteiger partial charge in [0.15, 0.2) is 0 Å². The molecule has 0 radical (unpaired) electrons. The fourth-order valence-electron chi connectivity index (χ4n) is 0.158. The third-order valence-electron chi connectivity index (χ3n) is 0.384. The predicted octanol–water partition coefficient (Wildman–Crippen LogP) is 1.65. The molecule has 5 heteroatoms. The lowest BCUT2D eigenvalue weighted by molar-refractivity contribution is -0.849. The van der Waals surface area contributed by atoms with Gasteiger partial charge in [0.25, 0.3) is 0 Å². The normalized spacial score (nSPS) is 11.7. The lowest BCUT2D eigenvalue weighted by atomic mass is 10.8. The molecule has 0 spiro atoms. The summed E-state index contributed by atoms with van der Waals surface area (Å²) in [7, 11) is 8.01. The minimum absolute atomic E-state index is 0.434. The van der Waals surface area contributed by atoms with Crippen LogP contribution in [0.4, 0.5) is 0 Å². The van der Waals surface area contributed by atoms with Gasteiger partial charge in [0.05, 0.1) is 35.3 Å². The Balaban J connectivity index is 0. The molecule has 0 aliphatic rings. The maximum absolute atomic E-state index is 10.1. The van der Waals surface area contributed by atoms with E-state index in [1.165, 1.54) is 7.11 Å². The fraction of sp³-hybridized carbons (Fsp3) is 1.00. The first-order valence-electron chi connectivity index (χ1n) is 3.74. The van der Waals surface area contributed by atoms with Crippen LogP contribution in [0.5, 0.6) is 0 Å². The molecular formula is C7H20NO3P+2. The molecule has 1 atom stereocenters. The second-order valence-electron chi connectivity index (χ2n) is 3.51. The van der Waals surface area contributed by atoms with Crippen LogP contribution in [0, 0.1) is 0 Å². The van der Waals surface area contributed by atoms with Crippen molar-refractivity contribution in [2.45, 2.75) is 6.92 Å². The lowest BCUT2D eigenvalue weighted by Gasteiger charge is -2.14. The van der Waals surface area contributed by atoms with Gasteiger partial charge in [-0.1, -0.05) is 0 Å². The molecule has 0 saturated heterocycles. The molecule has 0 N–H and O–H groups in total. The molecule has 0 aromatic heterocycles. The highest BCUT2D eigenvalue weighted by molar-refractivity contribution is 7.33. The van der Waals surface area contributed by atoms with Crippen molar-refractivity contribution < 1.29 is 18.1 Å². The van der Waals surface area contributed by atoms with Crippen LogP contribution in [-0.4, -0.2) is 46.4 Å². The second kappa shape index (κ2) is 7.62. The van der Waals surface area contributed by atoms with Gasteiger partial charge in [-0.15, -0.1) is 9.05 Å². The van der Waals surface area contributed by atoms with E-state index in [4.69, 9.17) is 0 Å². The molecule has 0 aliphatic heterocycles. The molecule has 0 aliphatic carbocycles. The summed E-state index contributed by atoms with van der Waals surface area (Å²) in [6, 6.07) is 0. The number of nitrogens with zero attached hydrogens (tertiary/aromatic N) is 1. The summed E-state index contributed by atoms with van der Waals surface area (Å²) in [5.74, 6) is 0. The summed E-state index contributed by atoms with van der Waals surface area (Å²) in [5.41, 5.74) is 0. The Morgan fingerprint density at radius 3 is 1.67 bits per heavy atom. The van der Waals surface area contributed by atoms with Crippen LogP contribution < -0.4 is 0 Å². The topological polar surface area (TPSA) is 35.5 Å². The Kier molecular flexibility index (Phi) is 9.21. The van der Waals surface area contributed by atoms with Crippen molar-refractivity contribution in [3.05, 3.63) is 0 Å². The van der Waals surface area contributed by atoms with Crippen molar-refractivity contribution >= 4 is 8.25 Å². The summed E-state index contributed by atoms with van der Waals surface area (Å²) in [4.78, 5) is 0. The molecule has 0 heterocycles. The van der Waals surface area contributed by atoms with E-state index < -0.39 is 8.25 Å². The highest BCUT2D eigenvalue weighted by Gasteiger charge is 2.13. The molecule has 12 heavy (non-hydrogen) atoms. The monoisotopic (exact) mass is 197 g/mol.